The van der Waals surface area contributed by atoms with Gasteiger partial charge >= 0.3 is 0 Å². The predicted molar refractivity (Wildman–Crippen MR) is 112 cm³/mol. The van der Waals surface area contributed by atoms with Crippen molar-refractivity contribution in [3.8, 4) is 0 Å². The minimum absolute atomic E-state index is 0.105. The Morgan fingerprint density at radius 1 is 0.897 bits per heavy atom. The molecule has 4 saturated carbocycles. The zero-order valence-electron chi connectivity index (χ0n) is 18.9. The quantitative estimate of drug-likeness (QED) is 0.578. The normalized spacial score (nSPS) is 48.0. The summed E-state index contributed by atoms with van der Waals surface area (Å²) in [6.07, 6.45) is 10.5. The predicted octanol–water partition coefficient (Wildman–Crippen LogP) is 6.19. The van der Waals surface area contributed by atoms with Crippen LogP contribution in [0, 0.1) is 40.4 Å². The molecule has 4 rings (SSSR count). The molecular formula is C25H42F2O2. The molecule has 0 heterocycles. The Morgan fingerprint density at radius 2 is 1.55 bits per heavy atom. The summed E-state index contributed by atoms with van der Waals surface area (Å²) in [6, 6.07) is 0. The van der Waals surface area contributed by atoms with Gasteiger partial charge in [0.1, 0.15) is 5.60 Å². The molecule has 0 aromatic heterocycles. The van der Waals surface area contributed by atoms with Crippen LogP contribution in [0.1, 0.15) is 98.3 Å². The van der Waals surface area contributed by atoms with Gasteiger partial charge in [-0.3, -0.25) is 0 Å². The Labute approximate surface area is 175 Å². The van der Waals surface area contributed by atoms with Crippen molar-refractivity contribution in [1.82, 2.24) is 0 Å². The first kappa shape index (κ1) is 22.0. The number of alkyl halides is 2. The lowest BCUT2D eigenvalue weighted by Crippen LogP contribution is -2.54. The van der Waals surface area contributed by atoms with Gasteiger partial charge in [0.25, 0.3) is 5.92 Å². The van der Waals surface area contributed by atoms with Gasteiger partial charge in [-0.15, -0.1) is 0 Å². The van der Waals surface area contributed by atoms with E-state index in [-0.39, 0.29) is 17.9 Å². The molecule has 4 aliphatic rings. The Bertz CT molecular complexity index is 614. The Hall–Kier alpha value is -0.220. The first-order chi connectivity index (χ1) is 13.4. The lowest BCUT2D eigenvalue weighted by Gasteiger charge is -2.61. The molecule has 4 fully saturated rings. The van der Waals surface area contributed by atoms with Crippen LogP contribution < -0.4 is 0 Å². The fourth-order valence-corrected chi connectivity index (χ4v) is 8.48. The van der Waals surface area contributed by atoms with Gasteiger partial charge in [0.15, 0.2) is 0 Å². The first-order valence-corrected chi connectivity index (χ1v) is 12.2. The van der Waals surface area contributed by atoms with Crippen LogP contribution in [-0.4, -0.2) is 27.8 Å². The molecule has 8 atom stereocenters. The summed E-state index contributed by atoms with van der Waals surface area (Å²) < 4.78 is 28.8. The number of aliphatic hydroxyl groups excluding tert-OH is 1. The smallest absolute Gasteiger partial charge is 0.275 e. The monoisotopic (exact) mass is 412 g/mol. The molecule has 0 aliphatic heterocycles. The van der Waals surface area contributed by atoms with E-state index in [4.69, 9.17) is 0 Å². The first-order valence-electron chi connectivity index (χ1n) is 12.2. The third-order valence-corrected chi connectivity index (χ3v) is 10.5. The van der Waals surface area contributed by atoms with Crippen molar-refractivity contribution < 1.29 is 19.0 Å². The highest BCUT2D eigenvalue weighted by Gasteiger charge is 2.60. The molecular weight excluding hydrogens is 370 g/mol. The largest absolute Gasteiger partial charge is 0.393 e. The molecule has 29 heavy (non-hydrogen) atoms. The van der Waals surface area contributed by atoms with E-state index in [0.717, 1.165) is 37.5 Å². The van der Waals surface area contributed by atoms with Gasteiger partial charge in [-0.2, -0.15) is 0 Å². The maximum absolute atomic E-state index is 14.4. The Kier molecular flexibility index (Phi) is 5.42. The van der Waals surface area contributed by atoms with Crippen LogP contribution in [0.2, 0.25) is 0 Å². The van der Waals surface area contributed by atoms with Gasteiger partial charge in [0, 0.05) is 6.42 Å². The lowest BCUT2D eigenvalue weighted by atomic mass is 9.44. The average molecular weight is 413 g/mol. The summed E-state index contributed by atoms with van der Waals surface area (Å²) in [5, 5.41) is 20.0. The van der Waals surface area contributed by atoms with Gasteiger partial charge in [0.2, 0.25) is 0 Å². The topological polar surface area (TPSA) is 40.5 Å². The van der Waals surface area contributed by atoms with Crippen molar-refractivity contribution >= 4 is 0 Å². The molecule has 2 nitrogen and oxygen atoms in total. The third-order valence-electron chi connectivity index (χ3n) is 10.5. The molecule has 168 valence electrons. The SMILES string of the molecule is CC12CCC(O)CC1CCC1C2CCC2(C)[C@@H](CCC(F)(F)C(C)(C)O)CC[C@@H]12. The van der Waals surface area contributed by atoms with Gasteiger partial charge < -0.3 is 10.2 Å². The number of halogens is 2. The van der Waals surface area contributed by atoms with Crippen LogP contribution in [0.3, 0.4) is 0 Å². The summed E-state index contributed by atoms with van der Waals surface area (Å²) >= 11 is 0. The maximum atomic E-state index is 14.4. The fourth-order valence-electron chi connectivity index (χ4n) is 8.48. The van der Waals surface area contributed by atoms with E-state index in [1.807, 2.05) is 0 Å². The Balaban J connectivity index is 1.48. The van der Waals surface area contributed by atoms with Gasteiger partial charge in [0.05, 0.1) is 6.10 Å². The molecule has 0 saturated heterocycles. The number of hydrogen-bond donors (Lipinski definition) is 2. The summed E-state index contributed by atoms with van der Waals surface area (Å²) in [5.74, 6) is 0.174. The van der Waals surface area contributed by atoms with Crippen LogP contribution in [0.15, 0.2) is 0 Å². The molecule has 0 bridgehead atoms. The standard InChI is InChI=1S/C25H42F2O2/c1-22(2,29)25(26,27)14-9-16-6-8-20-19-7-5-17-15-18(28)10-12-24(17,4)21(19)11-13-23(16,20)3/h16-21,28-29H,5-15H2,1-4H3/t16-,17?,18?,19?,20+,21?,23?,24?/m1/s1. The third kappa shape index (κ3) is 3.49. The molecule has 0 aromatic rings. The van der Waals surface area contributed by atoms with Crippen molar-refractivity contribution in [2.75, 3.05) is 0 Å². The van der Waals surface area contributed by atoms with Gasteiger partial charge in [-0.25, -0.2) is 8.78 Å². The molecule has 0 amide bonds. The van der Waals surface area contributed by atoms with E-state index in [2.05, 4.69) is 13.8 Å². The summed E-state index contributed by atoms with van der Waals surface area (Å²) in [6.45, 7) is 7.36. The minimum atomic E-state index is -3.02. The van der Waals surface area contributed by atoms with E-state index in [1.54, 1.807) is 0 Å². The highest BCUT2D eigenvalue weighted by Crippen LogP contribution is 2.68. The summed E-state index contributed by atoms with van der Waals surface area (Å²) in [7, 11) is 0. The van der Waals surface area contributed by atoms with E-state index >= 15 is 0 Å². The zero-order valence-corrected chi connectivity index (χ0v) is 18.9. The Morgan fingerprint density at radius 3 is 2.24 bits per heavy atom. The van der Waals surface area contributed by atoms with Crippen molar-refractivity contribution in [1.29, 1.82) is 0 Å². The number of fused-ring (bicyclic) bond motifs is 5. The molecule has 6 unspecified atom stereocenters. The highest BCUT2D eigenvalue weighted by molar-refractivity contribution is 5.09. The van der Waals surface area contributed by atoms with Crippen molar-refractivity contribution in [2.45, 2.75) is 116 Å². The zero-order chi connectivity index (χ0) is 21.2. The summed E-state index contributed by atoms with van der Waals surface area (Å²) in [4.78, 5) is 0. The van der Waals surface area contributed by atoms with E-state index in [1.165, 1.54) is 46.0 Å². The molecule has 4 aliphatic carbocycles. The lowest BCUT2D eigenvalue weighted by molar-refractivity contribution is -0.170. The highest BCUT2D eigenvalue weighted by atomic mass is 19.3. The number of hydrogen-bond acceptors (Lipinski definition) is 2. The van der Waals surface area contributed by atoms with Crippen LogP contribution >= 0.6 is 0 Å². The second kappa shape index (κ2) is 7.15. The van der Waals surface area contributed by atoms with E-state index in [9.17, 15) is 19.0 Å². The van der Waals surface area contributed by atoms with Gasteiger partial charge in [-0.1, -0.05) is 13.8 Å². The second-order valence-corrected chi connectivity index (χ2v) is 12.2. The second-order valence-electron chi connectivity index (χ2n) is 12.2. The number of rotatable bonds is 4. The van der Waals surface area contributed by atoms with E-state index < -0.39 is 11.5 Å². The molecule has 4 heteroatoms. The van der Waals surface area contributed by atoms with Crippen molar-refractivity contribution in [3.05, 3.63) is 0 Å². The van der Waals surface area contributed by atoms with Crippen molar-refractivity contribution in [2.24, 2.45) is 40.4 Å². The summed E-state index contributed by atoms with van der Waals surface area (Å²) in [5.41, 5.74) is -1.38. The van der Waals surface area contributed by atoms with Gasteiger partial charge in [-0.05, 0) is 118 Å². The van der Waals surface area contributed by atoms with Crippen LogP contribution in [0.4, 0.5) is 8.78 Å². The molecule has 2 N–H and O–H groups in total. The fraction of sp³-hybridized carbons (Fsp3) is 1.00. The van der Waals surface area contributed by atoms with Crippen molar-refractivity contribution in [3.63, 3.8) is 0 Å². The molecule has 0 spiro atoms. The molecule has 0 radical (unpaired) electrons. The number of aliphatic hydroxyl groups is 2. The minimum Gasteiger partial charge on any atom is -0.393 e. The maximum Gasteiger partial charge on any atom is 0.275 e. The van der Waals surface area contributed by atoms with E-state index in [0.29, 0.717) is 29.6 Å². The van der Waals surface area contributed by atoms with Crippen LogP contribution in [0.25, 0.3) is 0 Å². The average Bonchev–Trinajstić information content (AvgIpc) is 2.96. The van der Waals surface area contributed by atoms with Crippen LogP contribution in [0.5, 0.6) is 0 Å². The molecule has 0 aromatic carbocycles. The van der Waals surface area contributed by atoms with Crippen LogP contribution in [-0.2, 0) is 0 Å².